The molecule has 0 aliphatic heterocycles. The van der Waals surface area contributed by atoms with Crippen LogP contribution in [0.3, 0.4) is 0 Å². The fourth-order valence-corrected chi connectivity index (χ4v) is 3.21. The molecule has 0 spiro atoms. The first-order valence-electron chi connectivity index (χ1n) is 7.99. The van der Waals surface area contributed by atoms with E-state index in [-0.39, 0.29) is 11.7 Å². The number of benzene rings is 2. The van der Waals surface area contributed by atoms with Crippen molar-refractivity contribution in [3.63, 3.8) is 0 Å². The molecule has 0 aliphatic carbocycles. The van der Waals surface area contributed by atoms with E-state index in [2.05, 4.69) is 10.4 Å². The molecule has 0 saturated heterocycles. The van der Waals surface area contributed by atoms with Gasteiger partial charge in [-0.2, -0.15) is 5.10 Å². The number of para-hydroxylation sites is 1. The lowest BCUT2D eigenvalue weighted by Crippen LogP contribution is -2.19. The molecule has 0 atom stereocenters. The van der Waals surface area contributed by atoms with E-state index in [4.69, 9.17) is 5.73 Å². The van der Waals surface area contributed by atoms with Gasteiger partial charge in [-0.15, -0.1) is 11.8 Å². The van der Waals surface area contributed by atoms with E-state index in [1.165, 1.54) is 11.8 Å². The Labute approximate surface area is 155 Å². The van der Waals surface area contributed by atoms with Gasteiger partial charge in [0.25, 0.3) is 5.91 Å². The van der Waals surface area contributed by atoms with E-state index in [1.807, 2.05) is 36.5 Å². The maximum atomic E-state index is 12.1. The minimum absolute atomic E-state index is 0.170. The first-order valence-corrected chi connectivity index (χ1v) is 9.14. The molecule has 1 heterocycles. The summed E-state index contributed by atoms with van der Waals surface area (Å²) in [6.07, 6.45) is 3.62. The van der Waals surface area contributed by atoms with Gasteiger partial charge in [-0.3, -0.25) is 9.59 Å². The zero-order chi connectivity index (χ0) is 18.4. The molecular formula is C19H18N4O2S. The highest BCUT2D eigenvalue weighted by atomic mass is 32.2. The van der Waals surface area contributed by atoms with Crippen molar-refractivity contribution in [3.05, 3.63) is 78.1 Å². The SMILES string of the molecule is NC(=O)c1ccccc1NC(=O)CSCc1ccc(-n2cccn2)cc1. The molecule has 7 heteroatoms. The van der Waals surface area contributed by atoms with Gasteiger partial charge < -0.3 is 11.1 Å². The summed E-state index contributed by atoms with van der Waals surface area (Å²) in [5.74, 6) is 0.265. The lowest BCUT2D eigenvalue weighted by molar-refractivity contribution is -0.113. The standard InChI is InChI=1S/C19H18N4O2S/c20-19(25)16-4-1-2-5-17(16)22-18(24)13-26-12-14-6-8-15(9-7-14)23-11-3-10-21-23/h1-11H,12-13H2,(H2,20,25)(H,22,24). The normalized spacial score (nSPS) is 10.5. The van der Waals surface area contributed by atoms with E-state index in [0.717, 1.165) is 11.3 Å². The number of carbonyl (C=O) groups excluding carboxylic acids is 2. The summed E-state index contributed by atoms with van der Waals surface area (Å²) in [4.78, 5) is 23.5. The summed E-state index contributed by atoms with van der Waals surface area (Å²) >= 11 is 1.50. The monoisotopic (exact) mass is 366 g/mol. The molecule has 3 aromatic rings. The minimum Gasteiger partial charge on any atom is -0.366 e. The van der Waals surface area contributed by atoms with E-state index in [9.17, 15) is 9.59 Å². The third kappa shape index (κ3) is 4.52. The van der Waals surface area contributed by atoms with Gasteiger partial charge in [-0.05, 0) is 35.9 Å². The number of rotatable bonds is 7. The zero-order valence-electron chi connectivity index (χ0n) is 14.0. The number of amides is 2. The van der Waals surface area contributed by atoms with Crippen molar-refractivity contribution in [1.29, 1.82) is 0 Å². The van der Waals surface area contributed by atoms with Crippen LogP contribution in [0, 0.1) is 0 Å². The Bertz CT molecular complexity index is 892. The number of nitrogens with zero attached hydrogens (tertiary/aromatic N) is 2. The van der Waals surface area contributed by atoms with Gasteiger partial charge in [-0.1, -0.05) is 24.3 Å². The number of carbonyl (C=O) groups is 2. The molecule has 0 fully saturated rings. The van der Waals surface area contributed by atoms with E-state index >= 15 is 0 Å². The van der Waals surface area contributed by atoms with E-state index in [1.54, 1.807) is 35.1 Å². The topological polar surface area (TPSA) is 90.0 Å². The third-order valence-electron chi connectivity index (χ3n) is 3.67. The van der Waals surface area contributed by atoms with Gasteiger partial charge >= 0.3 is 0 Å². The molecule has 6 nitrogen and oxygen atoms in total. The second-order valence-electron chi connectivity index (χ2n) is 5.57. The molecule has 132 valence electrons. The predicted molar refractivity (Wildman–Crippen MR) is 103 cm³/mol. The Kier molecular flexibility index (Phi) is 5.70. The van der Waals surface area contributed by atoms with Crippen molar-refractivity contribution < 1.29 is 9.59 Å². The molecule has 0 unspecified atom stereocenters. The van der Waals surface area contributed by atoms with Crippen LogP contribution in [0.25, 0.3) is 5.69 Å². The smallest absolute Gasteiger partial charge is 0.250 e. The number of nitrogens with two attached hydrogens (primary N) is 1. The minimum atomic E-state index is -0.564. The molecule has 3 rings (SSSR count). The predicted octanol–water partition coefficient (Wildman–Crippen LogP) is 2.84. The first kappa shape index (κ1) is 17.8. The molecule has 0 radical (unpaired) electrons. The van der Waals surface area contributed by atoms with Crippen LogP contribution in [0.5, 0.6) is 0 Å². The Morgan fingerprint density at radius 3 is 2.54 bits per heavy atom. The van der Waals surface area contributed by atoms with Crippen LogP contribution in [-0.2, 0) is 10.5 Å². The summed E-state index contributed by atoms with van der Waals surface area (Å²) in [6.45, 7) is 0. The average molecular weight is 366 g/mol. The quantitative estimate of drug-likeness (QED) is 0.673. The molecule has 26 heavy (non-hydrogen) atoms. The highest BCUT2D eigenvalue weighted by Crippen LogP contribution is 2.17. The van der Waals surface area contributed by atoms with Gasteiger partial charge in [0.2, 0.25) is 5.91 Å². The van der Waals surface area contributed by atoms with Gasteiger partial charge in [0, 0.05) is 18.1 Å². The fourth-order valence-electron chi connectivity index (χ4n) is 2.42. The largest absolute Gasteiger partial charge is 0.366 e. The number of thioether (sulfide) groups is 1. The van der Waals surface area contributed by atoms with Crippen LogP contribution < -0.4 is 11.1 Å². The molecule has 2 aromatic carbocycles. The summed E-state index contributed by atoms with van der Waals surface area (Å²) < 4.78 is 1.79. The number of anilines is 1. The van der Waals surface area contributed by atoms with Gasteiger partial charge in [-0.25, -0.2) is 4.68 Å². The molecule has 1 aromatic heterocycles. The van der Waals surface area contributed by atoms with Crippen LogP contribution >= 0.6 is 11.8 Å². The Balaban J connectivity index is 1.50. The maximum absolute atomic E-state index is 12.1. The molecule has 3 N–H and O–H groups in total. The second kappa shape index (κ2) is 8.35. The summed E-state index contributed by atoms with van der Waals surface area (Å²) in [7, 11) is 0. The van der Waals surface area contributed by atoms with Crippen LogP contribution in [-0.4, -0.2) is 27.3 Å². The highest BCUT2D eigenvalue weighted by molar-refractivity contribution is 7.99. The molecule has 0 aliphatic rings. The van der Waals surface area contributed by atoms with Gasteiger partial charge in [0.05, 0.1) is 22.7 Å². The highest BCUT2D eigenvalue weighted by Gasteiger charge is 2.10. The van der Waals surface area contributed by atoms with Crippen LogP contribution in [0.4, 0.5) is 5.69 Å². The first-order chi connectivity index (χ1) is 12.6. The number of hydrogen-bond acceptors (Lipinski definition) is 4. The van der Waals surface area contributed by atoms with Crippen molar-refractivity contribution in [2.45, 2.75) is 5.75 Å². The fraction of sp³-hybridized carbons (Fsp3) is 0.105. The van der Waals surface area contributed by atoms with Crippen molar-refractivity contribution in [2.75, 3.05) is 11.1 Å². The zero-order valence-corrected chi connectivity index (χ0v) is 14.8. The number of hydrogen-bond donors (Lipinski definition) is 2. The summed E-state index contributed by atoms with van der Waals surface area (Å²) in [6, 6.07) is 16.6. The lowest BCUT2D eigenvalue weighted by Gasteiger charge is -2.09. The van der Waals surface area contributed by atoms with Gasteiger partial charge in [0.15, 0.2) is 0 Å². The van der Waals surface area contributed by atoms with Crippen molar-refractivity contribution in [3.8, 4) is 5.69 Å². The number of primary amides is 1. The Morgan fingerprint density at radius 2 is 1.85 bits per heavy atom. The summed E-state index contributed by atoms with van der Waals surface area (Å²) in [5, 5.41) is 6.92. The van der Waals surface area contributed by atoms with E-state index < -0.39 is 5.91 Å². The third-order valence-corrected chi connectivity index (χ3v) is 4.68. The van der Waals surface area contributed by atoms with E-state index in [0.29, 0.717) is 17.0 Å². The summed E-state index contributed by atoms with van der Waals surface area (Å²) in [5.41, 5.74) is 8.17. The second-order valence-corrected chi connectivity index (χ2v) is 6.55. The Hall–Kier alpha value is -3.06. The van der Waals surface area contributed by atoms with Crippen LogP contribution in [0.2, 0.25) is 0 Å². The molecular weight excluding hydrogens is 348 g/mol. The van der Waals surface area contributed by atoms with Gasteiger partial charge in [0.1, 0.15) is 0 Å². The number of aromatic nitrogens is 2. The molecule has 2 amide bonds. The Morgan fingerprint density at radius 1 is 1.08 bits per heavy atom. The molecule has 0 bridgehead atoms. The number of nitrogens with one attached hydrogen (secondary N) is 1. The average Bonchev–Trinajstić information content (AvgIpc) is 3.17. The van der Waals surface area contributed by atoms with Crippen molar-refractivity contribution in [1.82, 2.24) is 9.78 Å². The van der Waals surface area contributed by atoms with Crippen LogP contribution in [0.15, 0.2) is 67.0 Å². The lowest BCUT2D eigenvalue weighted by atomic mass is 10.1. The molecule has 0 saturated carbocycles. The van der Waals surface area contributed by atoms with Crippen LogP contribution in [0.1, 0.15) is 15.9 Å². The van der Waals surface area contributed by atoms with Crippen molar-refractivity contribution in [2.24, 2.45) is 5.73 Å². The maximum Gasteiger partial charge on any atom is 0.250 e. The van der Waals surface area contributed by atoms with Crippen molar-refractivity contribution >= 4 is 29.3 Å².